The lowest BCUT2D eigenvalue weighted by Crippen LogP contribution is -2.51. The molecule has 2 aromatic carbocycles. The van der Waals surface area contributed by atoms with Gasteiger partial charge in [-0.15, -0.1) is 0 Å². The molecule has 6 rings (SSSR count). The van der Waals surface area contributed by atoms with Gasteiger partial charge in [-0.05, 0) is 47.9 Å². The van der Waals surface area contributed by atoms with Crippen LogP contribution in [0.25, 0.3) is 33.6 Å². The number of hydrogen-bond acceptors (Lipinski definition) is 8. The Morgan fingerprint density at radius 3 is 2.04 bits per heavy atom. The summed E-state index contributed by atoms with van der Waals surface area (Å²) in [4.78, 5) is 68.8. The number of benzene rings is 2. The average molecular weight is 793 g/mol. The van der Waals surface area contributed by atoms with Crippen LogP contribution in [0.5, 0.6) is 0 Å². The van der Waals surface area contributed by atoms with Crippen molar-refractivity contribution in [2.75, 3.05) is 27.3 Å². The third-order valence-corrected chi connectivity index (χ3v) is 10.5. The molecule has 2 saturated heterocycles. The van der Waals surface area contributed by atoms with E-state index in [-0.39, 0.29) is 23.7 Å². The number of likely N-dealkylation sites (tertiary alicyclic amines) is 2. The van der Waals surface area contributed by atoms with Crippen LogP contribution in [0.15, 0.2) is 54.9 Å². The van der Waals surface area contributed by atoms with E-state index in [1.807, 2.05) is 13.8 Å². The number of alkyl halides is 2. The Morgan fingerprint density at radius 2 is 1.44 bits per heavy atom. The maximum absolute atomic E-state index is 15.7. The van der Waals surface area contributed by atoms with E-state index >= 15 is 4.39 Å². The summed E-state index contributed by atoms with van der Waals surface area (Å²) in [5.74, 6) is -4.42. The number of nitrogens with zero attached hydrogens (tertiary/aromatic N) is 4. The van der Waals surface area contributed by atoms with Gasteiger partial charge >= 0.3 is 12.2 Å². The number of aromatic amines is 2. The van der Waals surface area contributed by atoms with E-state index in [0.717, 1.165) is 24.0 Å². The molecule has 0 spiro atoms. The Labute approximate surface area is 327 Å². The van der Waals surface area contributed by atoms with Crippen molar-refractivity contribution in [2.45, 2.75) is 77.0 Å². The van der Waals surface area contributed by atoms with Gasteiger partial charge in [0.25, 0.3) is 5.92 Å². The fraction of sp³-hybridized carbons (Fsp3) is 0.450. The van der Waals surface area contributed by atoms with Crippen LogP contribution in [0.4, 0.5) is 22.8 Å². The van der Waals surface area contributed by atoms with Gasteiger partial charge in [-0.25, -0.2) is 32.7 Å². The van der Waals surface area contributed by atoms with Gasteiger partial charge in [-0.3, -0.25) is 9.59 Å². The Kier molecular flexibility index (Phi) is 11.9. The highest BCUT2D eigenvalue weighted by atomic mass is 19.3. The molecule has 4 amide bonds. The Hall–Kier alpha value is -5.87. The smallest absolute Gasteiger partial charge is 0.407 e. The first-order chi connectivity index (χ1) is 27.1. The first-order valence-corrected chi connectivity index (χ1v) is 18.8. The minimum Gasteiger partial charge on any atom is -0.453 e. The van der Waals surface area contributed by atoms with E-state index in [0.29, 0.717) is 46.9 Å². The van der Waals surface area contributed by atoms with Crippen LogP contribution in [0.2, 0.25) is 0 Å². The number of rotatable bonds is 11. The molecule has 0 radical (unpaired) electrons. The topological polar surface area (TPSA) is 175 Å². The standard InChI is InChI=1S/C40H47F3N8O6/c1-21(2)32(48-38(54)56-5)36(52)50-15-7-8-30(50)34-45-19-29(47-34)26-14-13-25(16-27(26)41)23-9-11-24(12-10-23)28-18-44-35(46-28)31-17-40(42,43)20-51(31)37(53)33(22(3)4)49-39(55)57-6/h9-14,16,18-19,21-22,30-33H,7-8,15,17,20H2,1-6H3,(H,44,46)(H,45,47)(H,48,54)(H,49,55)/t30-,31-,32-,33-/m0/s1. The molecular weight excluding hydrogens is 745 g/mol. The monoisotopic (exact) mass is 792 g/mol. The molecule has 2 aliphatic heterocycles. The van der Waals surface area contributed by atoms with E-state index < -0.39 is 66.8 Å². The third kappa shape index (κ3) is 8.76. The van der Waals surface area contributed by atoms with Crippen LogP contribution in [0, 0.1) is 17.7 Å². The van der Waals surface area contributed by atoms with Crippen molar-refractivity contribution in [3.63, 3.8) is 0 Å². The summed E-state index contributed by atoms with van der Waals surface area (Å²) < 4.78 is 54.5. The summed E-state index contributed by atoms with van der Waals surface area (Å²) in [6.45, 7) is 6.74. The van der Waals surface area contributed by atoms with Gasteiger partial charge in [-0.2, -0.15) is 0 Å². The van der Waals surface area contributed by atoms with Crippen molar-refractivity contribution < 1.29 is 41.8 Å². The molecule has 57 heavy (non-hydrogen) atoms. The number of carbonyl (C=O) groups is 4. The number of halogens is 3. The average Bonchev–Trinajstić information content (AvgIpc) is 4.01. The summed E-state index contributed by atoms with van der Waals surface area (Å²) in [5, 5.41) is 5.08. The van der Waals surface area contributed by atoms with Crippen LogP contribution in [0.1, 0.15) is 70.7 Å². The summed E-state index contributed by atoms with van der Waals surface area (Å²) in [6, 6.07) is 8.72. The van der Waals surface area contributed by atoms with Crippen LogP contribution < -0.4 is 10.6 Å². The summed E-state index contributed by atoms with van der Waals surface area (Å²) in [7, 11) is 2.40. The minimum absolute atomic E-state index is 0.181. The molecule has 4 heterocycles. The predicted octanol–water partition coefficient (Wildman–Crippen LogP) is 6.61. The Bertz CT molecular complexity index is 2100. The van der Waals surface area contributed by atoms with Gasteiger partial charge in [0.1, 0.15) is 29.5 Å². The summed E-state index contributed by atoms with van der Waals surface area (Å²) >= 11 is 0. The fourth-order valence-electron chi connectivity index (χ4n) is 7.41. The molecule has 4 N–H and O–H groups in total. The Balaban J connectivity index is 1.15. The van der Waals surface area contributed by atoms with Gasteiger partial charge in [0.05, 0.1) is 50.4 Å². The first kappa shape index (κ1) is 40.8. The van der Waals surface area contributed by atoms with Crippen molar-refractivity contribution >= 4 is 24.0 Å². The number of methoxy groups -OCH3 is 2. The molecule has 0 aliphatic carbocycles. The number of hydrogen-bond donors (Lipinski definition) is 4. The lowest BCUT2D eigenvalue weighted by molar-refractivity contribution is -0.137. The van der Waals surface area contributed by atoms with Gasteiger partial charge in [0.2, 0.25) is 11.8 Å². The third-order valence-electron chi connectivity index (χ3n) is 10.5. The van der Waals surface area contributed by atoms with Gasteiger partial charge in [0, 0.05) is 30.3 Å². The largest absolute Gasteiger partial charge is 0.453 e. The molecule has 0 unspecified atom stereocenters. The van der Waals surface area contributed by atoms with Crippen LogP contribution in [0.3, 0.4) is 0 Å². The highest BCUT2D eigenvalue weighted by molar-refractivity contribution is 5.87. The van der Waals surface area contributed by atoms with Crippen molar-refractivity contribution in [3.05, 3.63) is 72.3 Å². The molecule has 304 valence electrons. The molecule has 2 aromatic heterocycles. The van der Waals surface area contributed by atoms with Crippen molar-refractivity contribution in [1.82, 2.24) is 40.4 Å². The molecule has 4 aromatic rings. The lowest BCUT2D eigenvalue weighted by atomic mass is 10.0. The van der Waals surface area contributed by atoms with Crippen LogP contribution in [-0.4, -0.2) is 99.1 Å². The summed E-state index contributed by atoms with van der Waals surface area (Å²) in [6.07, 6.45) is 2.35. The Morgan fingerprint density at radius 1 is 0.842 bits per heavy atom. The molecular formula is C40H47F3N8O6. The molecule has 0 saturated carbocycles. The van der Waals surface area contributed by atoms with Crippen LogP contribution >= 0.6 is 0 Å². The molecule has 2 fully saturated rings. The zero-order chi connectivity index (χ0) is 41.2. The molecule has 4 atom stereocenters. The number of alkyl carbamates (subject to hydrolysis) is 2. The minimum atomic E-state index is -3.16. The van der Waals surface area contributed by atoms with Crippen molar-refractivity contribution in [2.24, 2.45) is 11.8 Å². The lowest BCUT2D eigenvalue weighted by Gasteiger charge is -2.30. The van der Waals surface area contributed by atoms with E-state index in [2.05, 4.69) is 35.3 Å². The van der Waals surface area contributed by atoms with E-state index in [1.165, 1.54) is 19.4 Å². The maximum Gasteiger partial charge on any atom is 0.407 e. The molecule has 14 nitrogen and oxygen atoms in total. The highest BCUT2D eigenvalue weighted by Gasteiger charge is 2.50. The SMILES string of the molecule is COC(=O)N[C@H](C(=O)N1CC(F)(F)C[C@H]1c1nc(-c2ccc(-c3ccc(-c4cnc([C@@H]5CCCN5C(=O)[C@@H](NC(=O)OC)C(C)C)[nH]4)c(F)c3)cc2)c[nH]1)C(C)C. The quantitative estimate of drug-likeness (QED) is 0.131. The number of H-pyrrole nitrogens is 2. The van der Waals surface area contributed by atoms with Crippen molar-refractivity contribution in [3.8, 4) is 33.6 Å². The second-order valence-electron chi connectivity index (χ2n) is 15.1. The maximum atomic E-state index is 15.7. The zero-order valence-corrected chi connectivity index (χ0v) is 32.6. The molecule has 2 aliphatic rings. The van der Waals surface area contributed by atoms with Crippen molar-refractivity contribution in [1.29, 1.82) is 0 Å². The second kappa shape index (κ2) is 16.7. The summed E-state index contributed by atoms with van der Waals surface area (Å²) in [5.41, 5.74) is 3.21. The van der Waals surface area contributed by atoms with E-state index in [1.54, 1.807) is 61.3 Å². The van der Waals surface area contributed by atoms with Gasteiger partial charge in [0.15, 0.2) is 0 Å². The zero-order valence-electron chi connectivity index (χ0n) is 32.6. The van der Waals surface area contributed by atoms with Gasteiger partial charge in [-0.1, -0.05) is 58.0 Å². The van der Waals surface area contributed by atoms with Gasteiger partial charge < -0.3 is 39.9 Å². The normalized spacial score (nSPS) is 18.8. The number of ether oxygens (including phenoxy) is 2. The van der Waals surface area contributed by atoms with Crippen LogP contribution in [-0.2, 0) is 19.1 Å². The predicted molar refractivity (Wildman–Crippen MR) is 203 cm³/mol. The number of imidazole rings is 2. The molecule has 17 heteroatoms. The van der Waals surface area contributed by atoms with E-state index in [9.17, 15) is 28.0 Å². The molecule has 0 bridgehead atoms. The highest BCUT2D eigenvalue weighted by Crippen LogP contribution is 2.41. The fourth-order valence-corrected chi connectivity index (χ4v) is 7.41. The number of carbonyl (C=O) groups excluding carboxylic acids is 4. The van der Waals surface area contributed by atoms with E-state index in [4.69, 9.17) is 4.74 Å². The number of nitrogens with one attached hydrogen (secondary N) is 4. The number of amides is 4. The second-order valence-corrected chi connectivity index (χ2v) is 15.1. The first-order valence-electron chi connectivity index (χ1n) is 18.8. The number of aromatic nitrogens is 4.